The first kappa shape index (κ1) is 93.2. The maximum atomic E-state index is 14.9. The lowest BCUT2D eigenvalue weighted by Gasteiger charge is -2.41. The second-order valence-corrected chi connectivity index (χ2v) is 31.8. The number of urea groups is 1. The Morgan fingerprint density at radius 3 is 1.98 bits per heavy atom. The summed E-state index contributed by atoms with van der Waals surface area (Å²) in [5.41, 5.74) is 6.61. The van der Waals surface area contributed by atoms with Gasteiger partial charge in [-0.15, -0.1) is 11.3 Å². The van der Waals surface area contributed by atoms with E-state index >= 15 is 0 Å². The number of nitrogens with zero attached hydrogens (tertiary/aromatic N) is 5. The molecule has 31 heteroatoms. The lowest BCUT2D eigenvalue weighted by atomic mass is 9.89. The number of hydrogen-bond acceptors (Lipinski definition) is 20. The van der Waals surface area contributed by atoms with Gasteiger partial charge in [-0.1, -0.05) is 111 Å². The van der Waals surface area contributed by atoms with Crippen LogP contribution >= 0.6 is 11.3 Å². The Bertz CT molecular complexity index is 3410. The number of nitrogens with two attached hydrogens (primary N) is 1. The fourth-order valence-electron chi connectivity index (χ4n) is 14.1. The number of anilines is 1. The van der Waals surface area contributed by atoms with Crippen LogP contribution in [0.3, 0.4) is 0 Å². The van der Waals surface area contributed by atoms with Crippen molar-refractivity contribution < 1.29 is 81.2 Å². The molecule has 2 aliphatic heterocycles. The molecule has 111 heavy (non-hydrogen) atoms. The molecule has 5 rings (SSSR count). The zero-order valence-electron chi connectivity index (χ0n) is 68.2. The summed E-state index contributed by atoms with van der Waals surface area (Å²) in [4.78, 5) is 162. The standard InChI is InChI=1S/C80H127N13O17S/c1-17-53(8)70(62(105-15)48-65(96)93-40-22-26-61(93)71(106-16)54(9)72(98)87-60(76-83-39-46-111-76)47-55-23-19-18-20-24-55)90(13)77(102)68(51(4)5)89-75(101)69(52(6)7)91(14)79(104)109-49-56-27-29-57(30-28-56)85-73(99)59(25-21-36-84-78(81)103)86-74(100)67(50(2)3)88-63(94)31-32-64(95)92(58-33-37-82-38-34-58)41-43-108-45-44-107-42-35-66(97)110-80(10,11)12/h18-20,23-24,27-30,39,46,50-54,58-62,67-71,82H,17,21-22,25-26,31-38,40-45,47-49H2,1-16H3,(H,85,99)(H,86,100)(H,87,98)(H,88,94)(H,89,101)(H3,81,84,103)/t53-,54+,59-,60-,61-,62+,67-,68-,69-,70-,71+/m0/s1. The smallest absolute Gasteiger partial charge is 0.410 e. The van der Waals surface area contributed by atoms with Gasteiger partial charge in [0.25, 0.3) is 0 Å². The van der Waals surface area contributed by atoms with Gasteiger partial charge in [-0.2, -0.15) is 0 Å². The van der Waals surface area contributed by atoms with E-state index in [1.54, 1.807) is 108 Å². The Morgan fingerprint density at radius 2 is 1.39 bits per heavy atom. The van der Waals surface area contributed by atoms with Crippen LogP contribution in [0.5, 0.6) is 0 Å². The zero-order valence-corrected chi connectivity index (χ0v) is 69.0. The van der Waals surface area contributed by atoms with Crippen LogP contribution < -0.4 is 43.0 Å². The highest BCUT2D eigenvalue weighted by molar-refractivity contribution is 7.09. The van der Waals surface area contributed by atoms with E-state index in [1.165, 1.54) is 30.4 Å². The van der Waals surface area contributed by atoms with Crippen LogP contribution in [-0.2, 0) is 84.6 Å². The van der Waals surface area contributed by atoms with Gasteiger partial charge in [0, 0.05) is 84.1 Å². The minimum atomic E-state index is -1.16. The Kier molecular flexibility index (Phi) is 39.7. The van der Waals surface area contributed by atoms with E-state index in [2.05, 4.69) is 42.2 Å². The molecule has 3 aromatic rings. The molecule has 0 aliphatic carbocycles. The van der Waals surface area contributed by atoms with E-state index in [0.29, 0.717) is 43.5 Å². The molecule has 2 aromatic carbocycles. The van der Waals surface area contributed by atoms with E-state index in [4.69, 9.17) is 34.2 Å². The summed E-state index contributed by atoms with van der Waals surface area (Å²) >= 11 is 1.47. The van der Waals surface area contributed by atoms with Crippen LogP contribution in [0.25, 0.3) is 0 Å². The third kappa shape index (κ3) is 30.6. The fraction of sp³-hybridized carbons (Fsp3) is 0.675. The second kappa shape index (κ2) is 47.2. The van der Waals surface area contributed by atoms with Crippen molar-refractivity contribution in [2.75, 3.05) is 92.8 Å². The first-order chi connectivity index (χ1) is 52.7. The third-order valence-corrected chi connectivity index (χ3v) is 21.1. The number of aromatic nitrogens is 1. The Labute approximate surface area is 660 Å². The lowest BCUT2D eigenvalue weighted by Crippen LogP contribution is -2.60. The van der Waals surface area contributed by atoms with Crippen molar-refractivity contribution in [1.29, 1.82) is 0 Å². The van der Waals surface area contributed by atoms with Crippen LogP contribution in [0, 0.1) is 29.6 Å². The van der Waals surface area contributed by atoms with E-state index in [1.807, 2.05) is 70.3 Å². The van der Waals surface area contributed by atoms with Gasteiger partial charge in [0.1, 0.15) is 41.4 Å². The number of nitrogens with one attached hydrogen (secondary N) is 7. The first-order valence-electron chi connectivity index (χ1n) is 39.2. The lowest BCUT2D eigenvalue weighted by molar-refractivity contribution is -0.156. The minimum absolute atomic E-state index is 0.0527. The van der Waals surface area contributed by atoms with Crippen LogP contribution in [0.4, 0.5) is 15.3 Å². The molecule has 0 radical (unpaired) electrons. The summed E-state index contributed by atoms with van der Waals surface area (Å²) in [6.07, 6.45) is 3.35. The maximum Gasteiger partial charge on any atom is 0.410 e. The number of esters is 1. The molecular formula is C80H127N13O17S. The number of rotatable bonds is 46. The van der Waals surface area contributed by atoms with E-state index < -0.39 is 119 Å². The molecule has 2 aliphatic rings. The summed E-state index contributed by atoms with van der Waals surface area (Å²) in [7, 11) is 6.16. The number of carbonyl (C=O) groups is 11. The Balaban J connectivity index is 1.16. The highest BCUT2D eigenvalue weighted by Gasteiger charge is 2.44. The molecule has 9 N–H and O–H groups in total. The summed E-state index contributed by atoms with van der Waals surface area (Å²) in [6.45, 7) is 24.7. The highest BCUT2D eigenvalue weighted by Crippen LogP contribution is 2.32. The molecule has 620 valence electrons. The van der Waals surface area contributed by atoms with Gasteiger partial charge in [0.2, 0.25) is 47.3 Å². The molecule has 2 saturated heterocycles. The topological polar surface area (TPSA) is 379 Å². The molecule has 1 aromatic heterocycles. The summed E-state index contributed by atoms with van der Waals surface area (Å²) in [5, 5.41) is 23.0. The van der Waals surface area contributed by atoms with E-state index in [9.17, 15) is 52.7 Å². The van der Waals surface area contributed by atoms with Crippen LogP contribution in [0.1, 0.15) is 176 Å². The second-order valence-electron chi connectivity index (χ2n) is 30.9. The molecular weight excluding hydrogens is 1450 g/mol. The predicted molar refractivity (Wildman–Crippen MR) is 422 cm³/mol. The quantitative estimate of drug-likeness (QED) is 0.0208. The van der Waals surface area contributed by atoms with Crippen molar-refractivity contribution in [2.45, 2.75) is 233 Å². The molecule has 0 spiro atoms. The van der Waals surface area contributed by atoms with Crippen molar-refractivity contribution >= 4 is 82.4 Å². The first-order valence-corrected chi connectivity index (χ1v) is 40.0. The molecule has 0 saturated carbocycles. The minimum Gasteiger partial charge on any atom is -0.460 e. The number of piperidine rings is 1. The number of ether oxygens (including phenoxy) is 6. The predicted octanol–water partition coefficient (Wildman–Crippen LogP) is 7.04. The Morgan fingerprint density at radius 1 is 0.721 bits per heavy atom. The van der Waals surface area contributed by atoms with Gasteiger partial charge >= 0.3 is 18.1 Å². The SMILES string of the molecule is CC[C@H](C)[C@@H]([C@@H](CC(=O)N1CCC[C@H]1[C@H](OC)[C@@H](C)C(=O)N[C@@H](Cc1ccccc1)c1nccs1)OC)N(C)C(=O)[C@@H](NC(=O)[C@H](C(C)C)N(C)C(=O)OCc1ccc(NC(=O)[C@H](CCCNC(N)=O)NC(=O)[C@@H](NC(=O)CCC(=O)N(CCOCCOCCC(=O)OC(C)(C)C)C2CCNCC2)C(C)C)cc1)C(C)C. The number of carbonyl (C=O) groups excluding carboxylic acids is 11. The average molecular weight is 1580 g/mol. The molecule has 0 bridgehead atoms. The fourth-order valence-corrected chi connectivity index (χ4v) is 14.8. The number of amides is 11. The van der Waals surface area contributed by atoms with Crippen molar-refractivity contribution in [3.8, 4) is 0 Å². The molecule has 3 heterocycles. The average Bonchev–Trinajstić information content (AvgIpc) is 1.71. The monoisotopic (exact) mass is 1570 g/mol. The summed E-state index contributed by atoms with van der Waals surface area (Å²) in [5.74, 6) is -6.01. The summed E-state index contributed by atoms with van der Waals surface area (Å²) < 4.78 is 34.6. The van der Waals surface area contributed by atoms with Crippen LogP contribution in [-0.4, -0.2) is 238 Å². The molecule has 30 nitrogen and oxygen atoms in total. The van der Waals surface area contributed by atoms with Gasteiger partial charge in [-0.05, 0) is 126 Å². The van der Waals surface area contributed by atoms with Gasteiger partial charge in [-0.3, -0.25) is 48.1 Å². The number of hydrogen-bond donors (Lipinski definition) is 8. The number of benzene rings is 2. The van der Waals surface area contributed by atoms with Crippen molar-refractivity contribution in [1.82, 2.24) is 56.5 Å². The van der Waals surface area contributed by atoms with E-state index in [0.717, 1.165) is 36.5 Å². The van der Waals surface area contributed by atoms with Gasteiger partial charge in [0.15, 0.2) is 0 Å². The van der Waals surface area contributed by atoms with Crippen molar-refractivity contribution in [3.05, 3.63) is 82.3 Å². The highest BCUT2D eigenvalue weighted by atomic mass is 32.1. The van der Waals surface area contributed by atoms with Crippen LogP contribution in [0.2, 0.25) is 0 Å². The normalized spacial score (nSPS) is 16.7. The van der Waals surface area contributed by atoms with Crippen molar-refractivity contribution in [2.24, 2.45) is 35.3 Å². The largest absolute Gasteiger partial charge is 0.460 e. The molecule has 2 fully saturated rings. The van der Waals surface area contributed by atoms with Gasteiger partial charge in [0.05, 0.1) is 75.5 Å². The van der Waals surface area contributed by atoms with Gasteiger partial charge in [-0.25, -0.2) is 14.6 Å². The molecule has 11 atom stereocenters. The number of likely N-dealkylation sites (N-methyl/N-ethyl adjacent to an activating group) is 2. The number of methoxy groups -OCH3 is 2. The van der Waals surface area contributed by atoms with E-state index in [-0.39, 0.29) is 126 Å². The number of thiazole rings is 1. The number of likely N-dealkylation sites (tertiary alicyclic amines) is 1. The zero-order chi connectivity index (χ0) is 82.1. The Hall–Kier alpha value is -8.36. The molecule has 0 unspecified atom stereocenters. The van der Waals surface area contributed by atoms with Gasteiger partial charge < -0.3 is 86.1 Å². The molecule has 11 amide bonds. The maximum absolute atomic E-state index is 14.9. The number of primary amides is 1. The third-order valence-electron chi connectivity index (χ3n) is 20.2. The summed E-state index contributed by atoms with van der Waals surface area (Å²) in [6, 6.07) is 9.58. The van der Waals surface area contributed by atoms with Crippen molar-refractivity contribution in [3.63, 3.8) is 0 Å². The van der Waals surface area contributed by atoms with Crippen LogP contribution in [0.15, 0.2) is 66.2 Å².